The summed E-state index contributed by atoms with van der Waals surface area (Å²) < 4.78 is 21.6. The molecule has 4 rings (SSSR count). The van der Waals surface area contributed by atoms with E-state index in [-0.39, 0.29) is 11.9 Å². The van der Waals surface area contributed by atoms with Crippen molar-refractivity contribution in [2.45, 2.75) is 6.04 Å². The molecule has 8 nitrogen and oxygen atoms in total. The molecule has 0 spiro atoms. The van der Waals surface area contributed by atoms with Crippen LogP contribution in [0.5, 0.6) is 17.2 Å². The molecule has 8 heteroatoms. The molecular formula is C28H33N3O5. The second-order valence-electron chi connectivity index (χ2n) is 8.45. The average Bonchev–Trinajstić information content (AvgIpc) is 3.47. The van der Waals surface area contributed by atoms with Crippen LogP contribution in [0, 0.1) is 0 Å². The molecule has 190 valence electrons. The first kappa shape index (κ1) is 25.2. The van der Waals surface area contributed by atoms with E-state index in [0.717, 1.165) is 43.3 Å². The van der Waals surface area contributed by atoms with E-state index in [4.69, 9.17) is 18.6 Å². The Hall–Kier alpha value is -3.91. The minimum atomic E-state index is -0.168. The van der Waals surface area contributed by atoms with Crippen LogP contribution in [0.4, 0.5) is 5.69 Å². The third-order valence-electron chi connectivity index (χ3n) is 6.37. The third-order valence-corrected chi connectivity index (χ3v) is 6.37. The fourth-order valence-electron chi connectivity index (χ4n) is 4.36. The number of benzene rings is 2. The Balaban J connectivity index is 1.35. The summed E-state index contributed by atoms with van der Waals surface area (Å²) in [6.07, 6.45) is 4.96. The van der Waals surface area contributed by atoms with Crippen LogP contribution in [-0.2, 0) is 4.79 Å². The predicted octanol–water partition coefficient (Wildman–Crippen LogP) is 4.00. The van der Waals surface area contributed by atoms with Crippen LogP contribution in [0.2, 0.25) is 0 Å². The zero-order chi connectivity index (χ0) is 25.3. The van der Waals surface area contributed by atoms with Crippen molar-refractivity contribution in [2.75, 3.05) is 59.0 Å². The van der Waals surface area contributed by atoms with Gasteiger partial charge in [0.1, 0.15) is 11.5 Å². The minimum absolute atomic E-state index is 0.0450. The molecule has 0 bridgehead atoms. The topological polar surface area (TPSA) is 76.4 Å². The number of piperazine rings is 1. The van der Waals surface area contributed by atoms with Crippen LogP contribution in [0.1, 0.15) is 17.4 Å². The van der Waals surface area contributed by atoms with Gasteiger partial charge in [-0.1, -0.05) is 6.07 Å². The molecular weight excluding hydrogens is 458 g/mol. The largest absolute Gasteiger partial charge is 0.497 e. The molecule has 1 saturated heterocycles. The summed E-state index contributed by atoms with van der Waals surface area (Å²) >= 11 is 0. The summed E-state index contributed by atoms with van der Waals surface area (Å²) in [4.78, 5) is 17.3. The lowest BCUT2D eigenvalue weighted by atomic mass is 10.1. The Morgan fingerprint density at radius 2 is 1.72 bits per heavy atom. The number of nitrogens with one attached hydrogen (secondary N) is 1. The third kappa shape index (κ3) is 6.20. The van der Waals surface area contributed by atoms with Crippen LogP contribution in [0.25, 0.3) is 6.08 Å². The van der Waals surface area contributed by atoms with Gasteiger partial charge in [-0.15, -0.1) is 0 Å². The number of amides is 1. The van der Waals surface area contributed by atoms with Crippen LogP contribution in [0.3, 0.4) is 0 Å². The zero-order valence-corrected chi connectivity index (χ0v) is 21.0. The van der Waals surface area contributed by atoms with E-state index >= 15 is 0 Å². The second-order valence-corrected chi connectivity index (χ2v) is 8.45. The number of methoxy groups -OCH3 is 3. The highest BCUT2D eigenvalue weighted by Crippen LogP contribution is 2.28. The molecule has 2 heterocycles. The normalized spacial score (nSPS) is 15.0. The molecule has 1 amide bonds. The first-order valence-electron chi connectivity index (χ1n) is 12.0. The highest BCUT2D eigenvalue weighted by molar-refractivity contribution is 5.91. The van der Waals surface area contributed by atoms with Crippen molar-refractivity contribution >= 4 is 17.7 Å². The molecule has 0 saturated carbocycles. The fraction of sp³-hybridized carbons (Fsp3) is 0.321. The highest BCUT2D eigenvalue weighted by atomic mass is 16.5. The van der Waals surface area contributed by atoms with E-state index < -0.39 is 0 Å². The number of hydrogen-bond acceptors (Lipinski definition) is 7. The number of ether oxygens (including phenoxy) is 3. The molecule has 1 aliphatic rings. The molecule has 0 aliphatic carbocycles. The maximum atomic E-state index is 12.6. The smallest absolute Gasteiger partial charge is 0.244 e. The number of nitrogens with zero attached hydrogens (tertiary/aromatic N) is 2. The summed E-state index contributed by atoms with van der Waals surface area (Å²) in [6, 6.07) is 17.5. The van der Waals surface area contributed by atoms with Crippen molar-refractivity contribution in [1.82, 2.24) is 10.2 Å². The Bertz CT molecular complexity index is 1140. The summed E-state index contributed by atoms with van der Waals surface area (Å²) in [7, 11) is 4.85. The lowest BCUT2D eigenvalue weighted by Crippen LogP contribution is -2.49. The van der Waals surface area contributed by atoms with Gasteiger partial charge in [0.05, 0.1) is 33.6 Å². The van der Waals surface area contributed by atoms with Gasteiger partial charge >= 0.3 is 0 Å². The monoisotopic (exact) mass is 491 g/mol. The number of hydrogen-bond donors (Lipinski definition) is 1. The van der Waals surface area contributed by atoms with Gasteiger partial charge in [-0.2, -0.15) is 0 Å². The van der Waals surface area contributed by atoms with Crippen molar-refractivity contribution in [3.8, 4) is 17.2 Å². The molecule has 0 radical (unpaired) electrons. The minimum Gasteiger partial charge on any atom is -0.497 e. The van der Waals surface area contributed by atoms with Gasteiger partial charge in [0.2, 0.25) is 5.91 Å². The van der Waals surface area contributed by atoms with Crippen molar-refractivity contribution < 1.29 is 23.4 Å². The zero-order valence-electron chi connectivity index (χ0n) is 21.0. The van der Waals surface area contributed by atoms with Crippen molar-refractivity contribution in [3.63, 3.8) is 0 Å². The summed E-state index contributed by atoms with van der Waals surface area (Å²) in [5.74, 6) is 2.79. The van der Waals surface area contributed by atoms with Gasteiger partial charge in [0, 0.05) is 44.5 Å². The maximum Gasteiger partial charge on any atom is 0.244 e. The summed E-state index contributed by atoms with van der Waals surface area (Å²) in [6.45, 7) is 3.93. The van der Waals surface area contributed by atoms with E-state index in [1.807, 2.05) is 42.5 Å². The highest BCUT2D eigenvalue weighted by Gasteiger charge is 2.27. The van der Waals surface area contributed by atoms with E-state index in [2.05, 4.69) is 27.2 Å². The van der Waals surface area contributed by atoms with E-state index in [0.29, 0.717) is 18.0 Å². The number of furan rings is 1. The molecule has 1 aliphatic heterocycles. The standard InChI is InChI=1S/C28H33N3O5/c1-33-23-10-8-22(9-11-23)30-14-16-31(17-15-30)24(25-5-4-18-36-25)20-29-28(32)13-7-21-6-12-26(34-2)27(19-21)35-3/h4-13,18-19,24H,14-17,20H2,1-3H3,(H,29,32)/b13-7+. The Morgan fingerprint density at radius 3 is 2.36 bits per heavy atom. The predicted molar refractivity (Wildman–Crippen MR) is 140 cm³/mol. The van der Waals surface area contributed by atoms with Crippen LogP contribution in [-0.4, -0.2) is 64.9 Å². The molecule has 1 N–H and O–H groups in total. The Labute approximate surface area is 212 Å². The van der Waals surface area contributed by atoms with E-state index in [1.165, 1.54) is 11.8 Å². The van der Waals surface area contributed by atoms with Crippen LogP contribution < -0.4 is 24.4 Å². The lowest BCUT2D eigenvalue weighted by molar-refractivity contribution is -0.116. The summed E-state index contributed by atoms with van der Waals surface area (Å²) in [5.41, 5.74) is 2.03. The number of rotatable bonds is 10. The average molecular weight is 492 g/mol. The quantitative estimate of drug-likeness (QED) is 0.430. The first-order valence-corrected chi connectivity index (χ1v) is 12.0. The molecule has 1 unspecified atom stereocenters. The molecule has 2 aromatic carbocycles. The van der Waals surface area contributed by atoms with E-state index in [1.54, 1.807) is 33.7 Å². The number of carbonyl (C=O) groups is 1. The van der Waals surface area contributed by atoms with Gasteiger partial charge in [-0.3, -0.25) is 9.69 Å². The molecule has 1 fully saturated rings. The Kier molecular flexibility index (Phi) is 8.52. The van der Waals surface area contributed by atoms with Gasteiger partial charge < -0.3 is 28.8 Å². The Morgan fingerprint density at radius 1 is 0.972 bits per heavy atom. The lowest BCUT2D eigenvalue weighted by Gasteiger charge is -2.39. The van der Waals surface area contributed by atoms with Gasteiger partial charge in [0.15, 0.2) is 11.5 Å². The fourth-order valence-corrected chi connectivity index (χ4v) is 4.36. The van der Waals surface area contributed by atoms with Crippen LogP contribution >= 0.6 is 0 Å². The van der Waals surface area contributed by atoms with Crippen LogP contribution in [0.15, 0.2) is 71.4 Å². The number of carbonyl (C=O) groups excluding carboxylic acids is 1. The molecule has 3 aromatic rings. The first-order chi connectivity index (χ1) is 17.6. The molecule has 36 heavy (non-hydrogen) atoms. The second kappa shape index (κ2) is 12.2. The van der Waals surface area contributed by atoms with Crippen molar-refractivity contribution in [2.24, 2.45) is 0 Å². The summed E-state index contributed by atoms with van der Waals surface area (Å²) in [5, 5.41) is 3.03. The van der Waals surface area contributed by atoms with E-state index in [9.17, 15) is 4.79 Å². The van der Waals surface area contributed by atoms with Gasteiger partial charge in [-0.05, 0) is 60.2 Å². The maximum absolute atomic E-state index is 12.6. The van der Waals surface area contributed by atoms with Gasteiger partial charge in [0.25, 0.3) is 0 Å². The van der Waals surface area contributed by atoms with Crippen molar-refractivity contribution in [1.29, 1.82) is 0 Å². The number of anilines is 1. The van der Waals surface area contributed by atoms with Crippen molar-refractivity contribution in [3.05, 3.63) is 78.3 Å². The molecule has 1 aromatic heterocycles. The molecule has 1 atom stereocenters. The van der Waals surface area contributed by atoms with Gasteiger partial charge in [-0.25, -0.2) is 0 Å². The SMILES string of the molecule is COc1ccc(N2CCN(C(CNC(=O)/C=C/c3ccc(OC)c(OC)c3)c3ccco3)CC2)cc1.